The monoisotopic (exact) mass is 285 g/mol. The van der Waals surface area contributed by atoms with Gasteiger partial charge in [-0.25, -0.2) is 9.78 Å². The molecule has 106 valence electrons. The van der Waals surface area contributed by atoms with Crippen LogP contribution in [-0.4, -0.2) is 40.6 Å². The maximum Gasteiger partial charge on any atom is 0.317 e. The van der Waals surface area contributed by atoms with Crippen molar-refractivity contribution < 1.29 is 14.7 Å². The van der Waals surface area contributed by atoms with Gasteiger partial charge in [0.25, 0.3) is 0 Å². The average molecular weight is 285 g/mol. The highest BCUT2D eigenvalue weighted by Crippen LogP contribution is 2.19. The molecule has 0 saturated carbocycles. The highest BCUT2D eigenvalue weighted by atomic mass is 32.1. The smallest absolute Gasteiger partial charge is 0.317 e. The van der Waals surface area contributed by atoms with Gasteiger partial charge in [-0.3, -0.25) is 4.79 Å². The Morgan fingerprint density at radius 2 is 2.26 bits per heavy atom. The number of amides is 2. The SMILES string of the molecule is CCC(C)(CNC(=O)N(C)Cc1cscn1)C(=O)O. The number of urea groups is 1. The van der Waals surface area contributed by atoms with Gasteiger partial charge in [-0.05, 0) is 13.3 Å². The van der Waals surface area contributed by atoms with Crippen LogP contribution in [0.5, 0.6) is 0 Å². The minimum atomic E-state index is -0.933. The van der Waals surface area contributed by atoms with Gasteiger partial charge in [-0.15, -0.1) is 11.3 Å². The summed E-state index contributed by atoms with van der Waals surface area (Å²) >= 11 is 1.47. The lowest BCUT2D eigenvalue weighted by Crippen LogP contribution is -2.45. The molecule has 1 unspecified atom stereocenters. The molecule has 0 fully saturated rings. The van der Waals surface area contributed by atoms with Crippen LogP contribution in [0.1, 0.15) is 26.0 Å². The fourth-order valence-electron chi connectivity index (χ4n) is 1.39. The van der Waals surface area contributed by atoms with Crippen molar-refractivity contribution in [2.45, 2.75) is 26.8 Å². The van der Waals surface area contributed by atoms with Crippen LogP contribution < -0.4 is 5.32 Å². The molecule has 2 N–H and O–H groups in total. The molecule has 7 heteroatoms. The van der Waals surface area contributed by atoms with Gasteiger partial charge in [0.15, 0.2) is 0 Å². The first-order valence-corrected chi connectivity index (χ1v) is 6.92. The van der Waals surface area contributed by atoms with Crippen LogP contribution in [0.25, 0.3) is 0 Å². The molecule has 0 aliphatic rings. The van der Waals surface area contributed by atoms with E-state index >= 15 is 0 Å². The van der Waals surface area contributed by atoms with Crippen molar-refractivity contribution in [3.05, 3.63) is 16.6 Å². The van der Waals surface area contributed by atoms with E-state index < -0.39 is 11.4 Å². The molecule has 0 aliphatic heterocycles. The Kier molecular flexibility index (Phi) is 5.29. The molecule has 0 saturated heterocycles. The number of nitrogens with zero attached hydrogens (tertiary/aromatic N) is 2. The molecule has 2 amide bonds. The van der Waals surface area contributed by atoms with Crippen LogP contribution in [0.3, 0.4) is 0 Å². The van der Waals surface area contributed by atoms with Crippen LogP contribution in [0.15, 0.2) is 10.9 Å². The normalized spacial score (nSPS) is 13.6. The first-order valence-electron chi connectivity index (χ1n) is 5.98. The third kappa shape index (κ3) is 4.20. The number of hydrogen-bond donors (Lipinski definition) is 2. The summed E-state index contributed by atoms with van der Waals surface area (Å²) in [4.78, 5) is 28.5. The van der Waals surface area contributed by atoms with Crippen molar-refractivity contribution >= 4 is 23.3 Å². The van der Waals surface area contributed by atoms with E-state index in [1.807, 2.05) is 5.38 Å². The summed E-state index contributed by atoms with van der Waals surface area (Å²) in [5.74, 6) is -0.905. The Hall–Kier alpha value is -1.63. The second-order valence-electron chi connectivity index (χ2n) is 4.71. The Morgan fingerprint density at radius 1 is 1.58 bits per heavy atom. The first kappa shape index (κ1) is 15.4. The zero-order valence-corrected chi connectivity index (χ0v) is 12.2. The molecule has 6 nitrogen and oxygen atoms in total. The molecule has 0 radical (unpaired) electrons. The highest BCUT2D eigenvalue weighted by molar-refractivity contribution is 7.07. The summed E-state index contributed by atoms with van der Waals surface area (Å²) in [7, 11) is 1.65. The van der Waals surface area contributed by atoms with Crippen molar-refractivity contribution in [2.24, 2.45) is 5.41 Å². The molecule has 0 aromatic carbocycles. The predicted octanol–water partition coefficient (Wildman–Crippen LogP) is 1.79. The second-order valence-corrected chi connectivity index (χ2v) is 5.43. The standard InChI is InChI=1S/C12H19N3O3S/c1-4-12(2,10(16)17)7-13-11(18)15(3)5-9-6-19-8-14-9/h6,8H,4-5,7H2,1-3H3,(H,13,18)(H,16,17). The molecule has 19 heavy (non-hydrogen) atoms. The maximum atomic E-state index is 11.9. The molecule has 0 spiro atoms. The van der Waals surface area contributed by atoms with Crippen LogP contribution >= 0.6 is 11.3 Å². The van der Waals surface area contributed by atoms with Crippen LogP contribution in [0.4, 0.5) is 4.79 Å². The van der Waals surface area contributed by atoms with Gasteiger partial charge >= 0.3 is 12.0 Å². The summed E-state index contributed by atoms with van der Waals surface area (Å²) in [5.41, 5.74) is 1.59. The van der Waals surface area contributed by atoms with E-state index in [1.54, 1.807) is 26.4 Å². The number of aromatic nitrogens is 1. The Morgan fingerprint density at radius 3 is 2.74 bits per heavy atom. The third-order valence-electron chi connectivity index (χ3n) is 3.16. The molecule has 1 aromatic rings. The van der Waals surface area contributed by atoms with Crippen LogP contribution in [0.2, 0.25) is 0 Å². The number of nitrogens with one attached hydrogen (secondary N) is 1. The van der Waals surface area contributed by atoms with Gasteiger partial charge in [0.2, 0.25) is 0 Å². The van der Waals surface area contributed by atoms with Crippen molar-refractivity contribution in [1.29, 1.82) is 0 Å². The average Bonchev–Trinajstić information content (AvgIpc) is 2.87. The molecular weight excluding hydrogens is 266 g/mol. The Labute approximate surface area is 116 Å². The van der Waals surface area contributed by atoms with Gasteiger partial charge in [-0.1, -0.05) is 6.92 Å². The van der Waals surface area contributed by atoms with E-state index in [1.165, 1.54) is 16.2 Å². The van der Waals surface area contributed by atoms with E-state index in [2.05, 4.69) is 10.3 Å². The predicted molar refractivity (Wildman–Crippen MR) is 73.0 cm³/mol. The van der Waals surface area contributed by atoms with Crippen LogP contribution in [0, 0.1) is 5.41 Å². The molecule has 0 aliphatic carbocycles. The van der Waals surface area contributed by atoms with Crippen LogP contribution in [-0.2, 0) is 11.3 Å². The zero-order valence-electron chi connectivity index (χ0n) is 11.3. The summed E-state index contributed by atoms with van der Waals surface area (Å²) in [5, 5.41) is 13.6. The zero-order chi connectivity index (χ0) is 14.5. The molecule has 0 bridgehead atoms. The largest absolute Gasteiger partial charge is 0.481 e. The summed E-state index contributed by atoms with van der Waals surface area (Å²) in [6.07, 6.45) is 0.457. The van der Waals surface area contributed by atoms with E-state index in [0.29, 0.717) is 13.0 Å². The number of carboxylic acids is 1. The molecular formula is C12H19N3O3S. The number of hydrogen-bond acceptors (Lipinski definition) is 4. The number of carboxylic acid groups (broad SMARTS) is 1. The van der Waals surface area contributed by atoms with E-state index in [9.17, 15) is 9.59 Å². The van der Waals surface area contributed by atoms with Crippen molar-refractivity contribution in [2.75, 3.05) is 13.6 Å². The highest BCUT2D eigenvalue weighted by Gasteiger charge is 2.31. The summed E-state index contributed by atoms with van der Waals surface area (Å²) < 4.78 is 0. The topological polar surface area (TPSA) is 82.5 Å². The summed E-state index contributed by atoms with van der Waals surface area (Å²) in [6, 6.07) is -0.297. The lowest BCUT2D eigenvalue weighted by molar-refractivity contribution is -0.147. The van der Waals surface area contributed by atoms with Gasteiger partial charge in [-0.2, -0.15) is 0 Å². The lowest BCUT2D eigenvalue weighted by atomic mass is 9.88. The molecule has 1 heterocycles. The molecule has 1 aromatic heterocycles. The van der Waals surface area contributed by atoms with Crippen molar-refractivity contribution in [3.8, 4) is 0 Å². The van der Waals surface area contributed by atoms with Gasteiger partial charge in [0.1, 0.15) is 0 Å². The maximum absolute atomic E-state index is 11.9. The third-order valence-corrected chi connectivity index (χ3v) is 3.79. The minimum Gasteiger partial charge on any atom is -0.481 e. The number of aliphatic carboxylic acids is 1. The molecule has 1 rings (SSSR count). The molecule has 1 atom stereocenters. The lowest BCUT2D eigenvalue weighted by Gasteiger charge is -2.25. The van der Waals surface area contributed by atoms with E-state index in [4.69, 9.17) is 5.11 Å². The number of rotatable bonds is 6. The summed E-state index contributed by atoms with van der Waals surface area (Å²) in [6.45, 7) is 3.93. The van der Waals surface area contributed by atoms with E-state index in [0.717, 1.165) is 5.69 Å². The second kappa shape index (κ2) is 6.51. The van der Waals surface area contributed by atoms with Gasteiger partial charge in [0.05, 0.1) is 23.2 Å². The number of thiazole rings is 1. The Bertz CT molecular complexity index is 435. The number of carbonyl (C=O) groups excluding carboxylic acids is 1. The number of carbonyl (C=O) groups is 2. The fourth-order valence-corrected chi connectivity index (χ4v) is 1.94. The Balaban J connectivity index is 2.48. The fraction of sp³-hybridized carbons (Fsp3) is 0.583. The van der Waals surface area contributed by atoms with Crippen molar-refractivity contribution in [3.63, 3.8) is 0 Å². The van der Waals surface area contributed by atoms with Gasteiger partial charge in [0, 0.05) is 19.0 Å². The quantitative estimate of drug-likeness (QED) is 0.834. The van der Waals surface area contributed by atoms with E-state index in [-0.39, 0.29) is 12.6 Å². The van der Waals surface area contributed by atoms with Crippen molar-refractivity contribution in [1.82, 2.24) is 15.2 Å². The first-order chi connectivity index (χ1) is 8.89. The minimum absolute atomic E-state index is 0.110. The van der Waals surface area contributed by atoms with Gasteiger partial charge < -0.3 is 15.3 Å².